The van der Waals surface area contributed by atoms with Crippen molar-refractivity contribution in [2.75, 3.05) is 5.73 Å². The molecule has 5 heteroatoms. The fourth-order valence-corrected chi connectivity index (χ4v) is 1.04. The van der Waals surface area contributed by atoms with E-state index in [2.05, 4.69) is 4.74 Å². The Balaban J connectivity index is 0. The smallest absolute Gasteiger partial charge is 0.387 e. The second-order valence-electron chi connectivity index (χ2n) is 2.75. The molecule has 0 amide bonds. The number of hydrogen-bond acceptors (Lipinski definition) is 3. The van der Waals surface area contributed by atoms with Gasteiger partial charge in [-0.1, -0.05) is 13.8 Å². The molecule has 3 nitrogen and oxygen atoms in total. The minimum atomic E-state index is -2.86. The molecule has 0 aromatic heterocycles. The minimum absolute atomic E-state index is 0. The van der Waals surface area contributed by atoms with E-state index < -0.39 is 6.61 Å². The zero-order valence-corrected chi connectivity index (χ0v) is 9.55. The number of nitrogen functional groups attached to an aromatic ring is 1. The molecular formula is C11H18F2N2O. The van der Waals surface area contributed by atoms with Gasteiger partial charge < -0.3 is 15.9 Å². The summed E-state index contributed by atoms with van der Waals surface area (Å²) in [5, 5.41) is 7.33. The van der Waals surface area contributed by atoms with Crippen LogP contribution in [0.25, 0.3) is 0 Å². The fourth-order valence-electron chi connectivity index (χ4n) is 1.04. The van der Waals surface area contributed by atoms with Gasteiger partial charge in [-0.2, -0.15) is 8.78 Å². The number of ether oxygens (including phenoxy) is 1. The third-order valence-electron chi connectivity index (χ3n) is 1.65. The van der Waals surface area contributed by atoms with Gasteiger partial charge in [0.15, 0.2) is 0 Å². The summed E-state index contributed by atoms with van der Waals surface area (Å²) >= 11 is 0. The molecule has 0 heterocycles. The summed E-state index contributed by atoms with van der Waals surface area (Å²) in [4.78, 5) is 0. The van der Waals surface area contributed by atoms with Crippen LogP contribution in [0.15, 0.2) is 18.2 Å². The first-order chi connectivity index (χ1) is 7.50. The molecule has 0 radical (unpaired) electrons. The Morgan fingerprint density at radius 1 is 1.44 bits per heavy atom. The average Bonchev–Trinajstić information content (AvgIpc) is 2.23. The number of alkyl halides is 2. The number of hydrogen-bond donors (Lipinski definition) is 2. The number of rotatable bonds is 3. The van der Waals surface area contributed by atoms with Gasteiger partial charge >= 0.3 is 6.61 Å². The van der Waals surface area contributed by atoms with Crippen molar-refractivity contribution in [3.8, 4) is 5.75 Å². The van der Waals surface area contributed by atoms with Crippen molar-refractivity contribution in [1.29, 1.82) is 5.41 Å². The fraction of sp³-hybridized carbons (Fsp3) is 0.364. The molecule has 1 rings (SSSR count). The molecule has 3 N–H and O–H groups in total. The molecule has 0 aliphatic heterocycles. The molecule has 1 aromatic carbocycles. The van der Waals surface area contributed by atoms with Crippen LogP contribution >= 0.6 is 0 Å². The molecule has 0 fully saturated rings. The Labute approximate surface area is 95.2 Å². The lowest BCUT2D eigenvalue weighted by molar-refractivity contribution is -0.0498. The van der Waals surface area contributed by atoms with Gasteiger partial charge in [0.1, 0.15) is 5.75 Å². The molecule has 0 saturated carbocycles. The number of halogens is 2. The van der Waals surface area contributed by atoms with Gasteiger partial charge in [0.05, 0.1) is 0 Å². The molecule has 0 aliphatic carbocycles. The van der Waals surface area contributed by atoms with Crippen LogP contribution in [0.2, 0.25) is 0 Å². The van der Waals surface area contributed by atoms with E-state index in [1.807, 2.05) is 13.8 Å². The van der Waals surface area contributed by atoms with Crippen molar-refractivity contribution in [1.82, 2.24) is 0 Å². The van der Waals surface area contributed by atoms with Crippen LogP contribution in [0, 0.1) is 5.41 Å². The Hall–Kier alpha value is -1.65. The Bertz CT molecular complexity index is 359. The van der Waals surface area contributed by atoms with Gasteiger partial charge in [-0.05, 0) is 25.1 Å². The van der Waals surface area contributed by atoms with Crippen LogP contribution in [0.1, 0.15) is 27.8 Å². The second kappa shape index (κ2) is 6.76. The predicted molar refractivity (Wildman–Crippen MR) is 63.5 cm³/mol. The lowest BCUT2D eigenvalue weighted by Gasteiger charge is -2.08. The van der Waals surface area contributed by atoms with Crippen LogP contribution in [0.4, 0.5) is 14.5 Å². The van der Waals surface area contributed by atoms with Gasteiger partial charge in [-0.3, -0.25) is 0 Å². The van der Waals surface area contributed by atoms with Crippen molar-refractivity contribution in [2.24, 2.45) is 0 Å². The number of nitrogens with two attached hydrogens (primary N) is 1. The van der Waals surface area contributed by atoms with E-state index in [4.69, 9.17) is 11.1 Å². The highest BCUT2D eigenvalue weighted by Crippen LogP contribution is 2.21. The average molecular weight is 232 g/mol. The predicted octanol–water partition coefficient (Wildman–Crippen LogP) is 3.53. The Morgan fingerprint density at radius 2 is 2.00 bits per heavy atom. The summed E-state index contributed by atoms with van der Waals surface area (Å²) in [5.41, 5.74) is 6.53. The summed E-state index contributed by atoms with van der Waals surface area (Å²) in [6.45, 7) is 2.66. The van der Waals surface area contributed by atoms with Gasteiger partial charge in [0, 0.05) is 18.4 Å². The van der Waals surface area contributed by atoms with E-state index >= 15 is 0 Å². The van der Waals surface area contributed by atoms with Crippen LogP contribution in [0.5, 0.6) is 5.75 Å². The lowest BCUT2D eigenvalue weighted by atomic mass is 10.1. The maximum Gasteiger partial charge on any atom is 0.387 e. The van der Waals surface area contributed by atoms with E-state index in [1.54, 1.807) is 0 Å². The van der Waals surface area contributed by atoms with Crippen LogP contribution in [-0.2, 0) is 0 Å². The topological polar surface area (TPSA) is 59.1 Å². The van der Waals surface area contributed by atoms with Crippen molar-refractivity contribution in [3.05, 3.63) is 23.8 Å². The first-order valence-corrected chi connectivity index (χ1v) is 4.90. The largest absolute Gasteiger partial charge is 0.435 e. The van der Waals surface area contributed by atoms with E-state index in [0.717, 1.165) is 0 Å². The zero-order chi connectivity index (χ0) is 12.7. The monoisotopic (exact) mass is 232 g/mol. The standard InChI is InChI=1S/C9H10F2N2O.C2H6.H2/c1-5(12)7-4-6(14-9(10)11)2-3-8(7)13;1-2;/h2-4,9,12H,13H2,1H3;1-2H3;1H. The Morgan fingerprint density at radius 3 is 2.44 bits per heavy atom. The molecule has 0 saturated heterocycles. The maximum atomic E-state index is 11.8. The molecule has 0 spiro atoms. The summed E-state index contributed by atoms with van der Waals surface area (Å²) < 4.78 is 27.9. The van der Waals surface area contributed by atoms with Crippen LogP contribution in [0.3, 0.4) is 0 Å². The minimum Gasteiger partial charge on any atom is -0.435 e. The van der Waals surface area contributed by atoms with Gasteiger partial charge in [0.25, 0.3) is 0 Å². The van der Waals surface area contributed by atoms with Crippen molar-refractivity contribution in [3.63, 3.8) is 0 Å². The highest BCUT2D eigenvalue weighted by Gasteiger charge is 2.07. The summed E-state index contributed by atoms with van der Waals surface area (Å²) in [7, 11) is 0. The molecule has 0 atom stereocenters. The van der Waals surface area contributed by atoms with Crippen molar-refractivity contribution in [2.45, 2.75) is 27.4 Å². The molecule has 0 bridgehead atoms. The normalized spacial score (nSPS) is 9.38. The molecule has 0 unspecified atom stereocenters. The third kappa shape index (κ3) is 4.25. The van der Waals surface area contributed by atoms with Gasteiger partial charge in [-0.25, -0.2) is 0 Å². The van der Waals surface area contributed by atoms with Crippen molar-refractivity contribution < 1.29 is 14.9 Å². The quantitative estimate of drug-likeness (QED) is 0.618. The van der Waals surface area contributed by atoms with Crippen molar-refractivity contribution >= 4 is 11.4 Å². The molecule has 0 aliphatic rings. The molecule has 92 valence electrons. The van der Waals surface area contributed by atoms with Crippen LogP contribution in [-0.4, -0.2) is 12.3 Å². The molecule has 16 heavy (non-hydrogen) atoms. The van der Waals surface area contributed by atoms with Gasteiger partial charge in [-0.15, -0.1) is 0 Å². The summed E-state index contributed by atoms with van der Waals surface area (Å²) in [6, 6.07) is 4.10. The first kappa shape index (κ1) is 14.3. The molecule has 1 aromatic rings. The van der Waals surface area contributed by atoms with Gasteiger partial charge in [0.2, 0.25) is 0 Å². The van der Waals surface area contributed by atoms with E-state index in [1.165, 1.54) is 25.1 Å². The number of anilines is 1. The highest BCUT2D eigenvalue weighted by atomic mass is 19.3. The number of nitrogens with one attached hydrogen (secondary N) is 1. The molecular weight excluding hydrogens is 214 g/mol. The highest BCUT2D eigenvalue weighted by molar-refractivity contribution is 6.01. The van der Waals surface area contributed by atoms with Crippen LogP contribution < -0.4 is 10.5 Å². The van der Waals surface area contributed by atoms with E-state index in [9.17, 15) is 8.78 Å². The lowest BCUT2D eigenvalue weighted by Crippen LogP contribution is -2.05. The third-order valence-corrected chi connectivity index (χ3v) is 1.65. The summed E-state index contributed by atoms with van der Waals surface area (Å²) in [5.74, 6) is 0.0100. The van der Waals surface area contributed by atoms with E-state index in [0.29, 0.717) is 11.3 Å². The zero-order valence-electron chi connectivity index (χ0n) is 9.55. The second-order valence-corrected chi connectivity index (χ2v) is 2.75. The number of benzene rings is 1. The van der Waals surface area contributed by atoms with E-state index in [-0.39, 0.29) is 12.9 Å². The first-order valence-electron chi connectivity index (χ1n) is 4.90. The maximum absolute atomic E-state index is 11.8. The summed E-state index contributed by atoms with van der Waals surface area (Å²) in [6.07, 6.45) is 0. The SMILES string of the molecule is CC.CC(=N)c1cc(OC(F)F)ccc1N.[HH]. The Kier molecular flexibility index (Phi) is 6.07.